The molecule has 0 fully saturated rings. The van der Waals surface area contributed by atoms with Crippen molar-refractivity contribution in [3.63, 3.8) is 0 Å². The van der Waals surface area contributed by atoms with E-state index in [-0.39, 0.29) is 15.6 Å². The molecule has 0 bridgehead atoms. The average Bonchev–Trinajstić information content (AvgIpc) is 2.44. The summed E-state index contributed by atoms with van der Waals surface area (Å²) in [6, 6.07) is 9.06. The largest absolute Gasteiger partial charge is 0.497 e. The molecule has 3 N–H and O–H groups in total. The summed E-state index contributed by atoms with van der Waals surface area (Å²) in [6.07, 6.45) is 0. The van der Waals surface area contributed by atoms with Crippen molar-refractivity contribution in [3.8, 4) is 5.75 Å². The zero-order valence-corrected chi connectivity index (χ0v) is 14.1. The minimum atomic E-state index is -3.79. The van der Waals surface area contributed by atoms with Crippen LogP contribution in [0.25, 0.3) is 0 Å². The fourth-order valence-corrected chi connectivity index (χ4v) is 3.18. The van der Waals surface area contributed by atoms with Crippen LogP contribution in [0.5, 0.6) is 5.75 Å². The normalized spacial score (nSPS) is 11.2. The molecule has 0 unspecified atom stereocenters. The Morgan fingerprint density at radius 3 is 2.57 bits per heavy atom. The van der Waals surface area contributed by atoms with Gasteiger partial charge < -0.3 is 10.5 Å². The third-order valence-electron chi connectivity index (χ3n) is 2.70. The van der Waals surface area contributed by atoms with Gasteiger partial charge in [0.15, 0.2) is 0 Å². The molecule has 0 amide bonds. The second kappa shape index (κ2) is 6.13. The van der Waals surface area contributed by atoms with Gasteiger partial charge in [-0.05, 0) is 46.3 Å². The molecule has 2 aromatic carbocycles. The van der Waals surface area contributed by atoms with E-state index in [1.54, 1.807) is 18.2 Å². The van der Waals surface area contributed by atoms with Crippen LogP contribution in [-0.2, 0) is 10.0 Å². The number of benzene rings is 2. The molecule has 0 aliphatic carbocycles. The molecular weight excluding hydrogens is 380 g/mol. The number of ether oxygens (including phenoxy) is 1. The minimum absolute atomic E-state index is 0.0436. The SMILES string of the molecule is COc1ccc(Cl)c(NS(=O)(=O)c2ccc(Br)c(N)c2)c1. The highest BCUT2D eigenvalue weighted by Crippen LogP contribution is 2.30. The van der Waals surface area contributed by atoms with Crippen LogP contribution < -0.4 is 15.2 Å². The Labute approximate surface area is 136 Å². The van der Waals surface area contributed by atoms with Gasteiger partial charge in [0.25, 0.3) is 10.0 Å². The van der Waals surface area contributed by atoms with Crippen molar-refractivity contribution in [2.24, 2.45) is 0 Å². The molecule has 0 saturated carbocycles. The van der Waals surface area contributed by atoms with Gasteiger partial charge in [-0.25, -0.2) is 8.42 Å². The molecule has 0 spiro atoms. The fraction of sp³-hybridized carbons (Fsp3) is 0.0769. The molecule has 2 rings (SSSR count). The number of anilines is 2. The number of halogens is 2. The van der Waals surface area contributed by atoms with Gasteiger partial charge in [0.05, 0.1) is 22.7 Å². The van der Waals surface area contributed by atoms with Gasteiger partial charge in [-0.3, -0.25) is 4.72 Å². The molecule has 5 nitrogen and oxygen atoms in total. The summed E-state index contributed by atoms with van der Waals surface area (Å²) in [6.45, 7) is 0. The Bertz CT molecular complexity index is 781. The first-order valence-corrected chi connectivity index (χ1v) is 8.40. The van der Waals surface area contributed by atoms with Gasteiger partial charge in [0, 0.05) is 16.2 Å². The zero-order chi connectivity index (χ0) is 15.6. The quantitative estimate of drug-likeness (QED) is 0.782. The van der Waals surface area contributed by atoms with Gasteiger partial charge in [0.1, 0.15) is 5.75 Å². The number of sulfonamides is 1. The van der Waals surface area contributed by atoms with Crippen LogP contribution in [0.15, 0.2) is 45.8 Å². The van der Waals surface area contributed by atoms with Crippen molar-refractivity contribution in [2.75, 3.05) is 17.6 Å². The topological polar surface area (TPSA) is 81.4 Å². The van der Waals surface area contributed by atoms with Crippen molar-refractivity contribution in [1.82, 2.24) is 0 Å². The summed E-state index contributed by atoms with van der Waals surface area (Å²) < 4.78 is 32.8. The summed E-state index contributed by atoms with van der Waals surface area (Å²) in [4.78, 5) is 0.0436. The lowest BCUT2D eigenvalue weighted by Crippen LogP contribution is -2.13. The molecule has 21 heavy (non-hydrogen) atoms. The molecule has 0 aliphatic heterocycles. The van der Waals surface area contributed by atoms with Crippen molar-refractivity contribution < 1.29 is 13.2 Å². The third-order valence-corrected chi connectivity index (χ3v) is 5.11. The van der Waals surface area contributed by atoms with Crippen molar-refractivity contribution in [1.29, 1.82) is 0 Å². The molecule has 112 valence electrons. The molecule has 0 radical (unpaired) electrons. The first-order valence-electron chi connectivity index (χ1n) is 5.75. The lowest BCUT2D eigenvalue weighted by molar-refractivity contribution is 0.415. The fourth-order valence-electron chi connectivity index (χ4n) is 1.60. The number of nitrogens with one attached hydrogen (secondary N) is 1. The number of rotatable bonds is 4. The maximum Gasteiger partial charge on any atom is 0.262 e. The van der Waals surface area contributed by atoms with E-state index in [4.69, 9.17) is 22.1 Å². The second-order valence-electron chi connectivity index (χ2n) is 4.13. The first kappa shape index (κ1) is 15.9. The molecular formula is C13H12BrClN2O3S. The Kier molecular flexibility index (Phi) is 4.65. The smallest absolute Gasteiger partial charge is 0.262 e. The highest BCUT2D eigenvalue weighted by atomic mass is 79.9. The highest BCUT2D eigenvalue weighted by molar-refractivity contribution is 9.10. The maximum absolute atomic E-state index is 12.3. The van der Waals surface area contributed by atoms with Crippen LogP contribution in [-0.4, -0.2) is 15.5 Å². The predicted octanol–water partition coefficient (Wildman–Crippen LogP) is 3.49. The van der Waals surface area contributed by atoms with Crippen molar-refractivity contribution in [3.05, 3.63) is 45.9 Å². The summed E-state index contributed by atoms with van der Waals surface area (Å²) in [5.74, 6) is 0.493. The second-order valence-corrected chi connectivity index (χ2v) is 7.08. The van der Waals surface area contributed by atoms with Gasteiger partial charge in [0.2, 0.25) is 0 Å². The molecule has 0 aromatic heterocycles. The van der Waals surface area contributed by atoms with E-state index in [0.717, 1.165) is 0 Å². The van der Waals surface area contributed by atoms with E-state index in [1.807, 2.05) is 0 Å². The van der Waals surface area contributed by atoms with Crippen LogP contribution in [0, 0.1) is 0 Å². The minimum Gasteiger partial charge on any atom is -0.497 e. The van der Waals surface area contributed by atoms with Gasteiger partial charge >= 0.3 is 0 Å². The van der Waals surface area contributed by atoms with Gasteiger partial charge in [-0.2, -0.15) is 0 Å². The standard InChI is InChI=1S/C13H12BrClN2O3S/c1-20-8-2-5-11(15)13(6-8)17-21(18,19)9-3-4-10(14)12(16)7-9/h2-7,17H,16H2,1H3. The van der Waals surface area contributed by atoms with E-state index in [1.165, 1.54) is 25.3 Å². The Morgan fingerprint density at radius 2 is 1.95 bits per heavy atom. The Balaban J connectivity index is 2.39. The average molecular weight is 392 g/mol. The van der Waals surface area contributed by atoms with Crippen LogP contribution in [0.4, 0.5) is 11.4 Å². The van der Waals surface area contributed by atoms with E-state index in [0.29, 0.717) is 15.9 Å². The van der Waals surface area contributed by atoms with E-state index in [2.05, 4.69) is 20.7 Å². The zero-order valence-electron chi connectivity index (χ0n) is 10.9. The number of hydrogen-bond acceptors (Lipinski definition) is 4. The predicted molar refractivity (Wildman–Crippen MR) is 87.4 cm³/mol. The van der Waals surface area contributed by atoms with E-state index >= 15 is 0 Å². The number of hydrogen-bond donors (Lipinski definition) is 2. The molecule has 8 heteroatoms. The molecule has 0 atom stereocenters. The van der Waals surface area contributed by atoms with E-state index < -0.39 is 10.0 Å². The Morgan fingerprint density at radius 1 is 1.24 bits per heavy atom. The summed E-state index contributed by atoms with van der Waals surface area (Å²) >= 11 is 9.20. The lowest BCUT2D eigenvalue weighted by atomic mass is 10.3. The Hall–Kier alpha value is -1.44. The van der Waals surface area contributed by atoms with Crippen LogP contribution in [0.2, 0.25) is 5.02 Å². The molecule has 0 aliphatic rings. The summed E-state index contributed by atoms with van der Waals surface area (Å²) in [7, 11) is -2.31. The van der Waals surface area contributed by atoms with Crippen molar-refractivity contribution in [2.45, 2.75) is 4.90 Å². The number of nitrogen functional groups attached to an aromatic ring is 1. The van der Waals surface area contributed by atoms with E-state index in [9.17, 15) is 8.42 Å². The van der Waals surface area contributed by atoms with Crippen molar-refractivity contribution >= 4 is 48.9 Å². The van der Waals surface area contributed by atoms with Crippen LogP contribution >= 0.6 is 27.5 Å². The van der Waals surface area contributed by atoms with Gasteiger partial charge in [-0.15, -0.1) is 0 Å². The monoisotopic (exact) mass is 390 g/mol. The van der Waals surface area contributed by atoms with Gasteiger partial charge in [-0.1, -0.05) is 11.6 Å². The lowest BCUT2D eigenvalue weighted by Gasteiger charge is -2.11. The summed E-state index contributed by atoms with van der Waals surface area (Å²) in [5, 5.41) is 0.268. The first-order chi connectivity index (χ1) is 9.83. The number of nitrogens with two attached hydrogens (primary N) is 1. The number of methoxy groups -OCH3 is 1. The molecule has 0 saturated heterocycles. The maximum atomic E-state index is 12.3. The highest BCUT2D eigenvalue weighted by Gasteiger charge is 2.17. The summed E-state index contributed by atoms with van der Waals surface area (Å²) in [5.41, 5.74) is 6.26. The molecule has 2 aromatic rings. The third kappa shape index (κ3) is 3.61. The van der Waals surface area contributed by atoms with Crippen LogP contribution in [0.3, 0.4) is 0 Å². The molecule has 0 heterocycles. The van der Waals surface area contributed by atoms with Crippen LogP contribution in [0.1, 0.15) is 0 Å².